The number of carbonyl (C=O) groups excluding carboxylic acids is 1. The highest BCUT2D eigenvalue weighted by Gasteiger charge is 2.36. The maximum atomic E-state index is 13.8. The van der Waals surface area contributed by atoms with E-state index in [0.717, 1.165) is 29.4 Å². The lowest BCUT2D eigenvalue weighted by Crippen LogP contribution is -2.35. The molecule has 1 amide bonds. The summed E-state index contributed by atoms with van der Waals surface area (Å²) in [6.45, 7) is 4.33. The minimum atomic E-state index is -4.72. The Bertz CT molecular complexity index is 1190. The normalized spacial score (nSPS) is 14.5. The second-order valence-electron chi connectivity index (χ2n) is 7.78. The van der Waals surface area contributed by atoms with Crippen LogP contribution in [0.25, 0.3) is 16.7 Å². The van der Waals surface area contributed by atoms with Crippen LogP contribution < -0.4 is 5.56 Å². The number of hydrogen-bond donors (Lipinski definition) is 0. The third-order valence-electron chi connectivity index (χ3n) is 5.74. The van der Waals surface area contributed by atoms with Crippen LogP contribution in [-0.2, 0) is 23.9 Å². The fourth-order valence-corrected chi connectivity index (χ4v) is 4.09. The largest absolute Gasteiger partial charge is 0.417 e. The van der Waals surface area contributed by atoms with Crippen molar-refractivity contribution in [2.75, 3.05) is 13.1 Å². The average Bonchev–Trinajstić information content (AvgIpc) is 3.38. The summed E-state index contributed by atoms with van der Waals surface area (Å²) in [6.07, 6.45) is -2.15. The third-order valence-corrected chi connectivity index (χ3v) is 5.74. The van der Waals surface area contributed by atoms with Gasteiger partial charge in [-0.15, -0.1) is 0 Å². The van der Waals surface area contributed by atoms with Crippen LogP contribution in [0, 0.1) is 6.92 Å². The van der Waals surface area contributed by atoms with Gasteiger partial charge in [0.1, 0.15) is 12.2 Å². The second kappa shape index (κ2) is 7.86. The van der Waals surface area contributed by atoms with Gasteiger partial charge >= 0.3 is 6.18 Å². The van der Waals surface area contributed by atoms with Gasteiger partial charge in [-0.05, 0) is 43.9 Å². The lowest BCUT2D eigenvalue weighted by Gasteiger charge is -2.18. The van der Waals surface area contributed by atoms with Gasteiger partial charge in [-0.25, -0.2) is 4.68 Å². The Morgan fingerprint density at radius 2 is 1.77 bits per heavy atom. The van der Waals surface area contributed by atoms with Gasteiger partial charge in [0.25, 0.3) is 5.56 Å². The maximum absolute atomic E-state index is 13.8. The van der Waals surface area contributed by atoms with Crippen LogP contribution in [0.1, 0.15) is 36.6 Å². The van der Waals surface area contributed by atoms with Crippen LogP contribution in [0.4, 0.5) is 13.2 Å². The molecule has 0 aliphatic carbocycles. The van der Waals surface area contributed by atoms with Gasteiger partial charge in [-0.2, -0.15) is 18.3 Å². The van der Waals surface area contributed by atoms with Crippen molar-refractivity contribution >= 4 is 16.9 Å². The number of amides is 1. The quantitative estimate of drug-likeness (QED) is 0.632. The Balaban J connectivity index is 1.96. The number of rotatable bonds is 4. The van der Waals surface area contributed by atoms with E-state index in [9.17, 15) is 22.8 Å². The number of pyridine rings is 1. The number of aryl methyl sites for hydroxylation is 2. The number of benzene rings is 1. The van der Waals surface area contributed by atoms with Crippen LogP contribution >= 0.6 is 0 Å². The molecule has 1 aromatic carbocycles. The Kier molecular flexibility index (Phi) is 5.36. The van der Waals surface area contributed by atoms with Gasteiger partial charge in [0.05, 0.1) is 22.3 Å². The standard InChI is InChI=1S/C22H23F3N4O2/c1-3-15-6-8-16(9-7-15)29-21-20(14(2)26-29)17(22(23,24)25)12-18(30)28(21)13-19(31)27-10-4-5-11-27/h6-9,12H,3-5,10-11,13H2,1-2H3. The Morgan fingerprint density at radius 3 is 2.35 bits per heavy atom. The van der Waals surface area contributed by atoms with Gasteiger partial charge in [0, 0.05) is 19.2 Å². The molecule has 4 rings (SSSR count). The van der Waals surface area contributed by atoms with Gasteiger partial charge < -0.3 is 4.90 Å². The summed E-state index contributed by atoms with van der Waals surface area (Å²) in [5.74, 6) is -0.285. The summed E-state index contributed by atoms with van der Waals surface area (Å²) in [7, 11) is 0. The Hall–Kier alpha value is -3.10. The molecule has 1 aliphatic heterocycles. The van der Waals surface area contributed by atoms with E-state index in [1.54, 1.807) is 17.0 Å². The highest BCUT2D eigenvalue weighted by atomic mass is 19.4. The molecule has 1 saturated heterocycles. The van der Waals surface area contributed by atoms with Crippen LogP contribution in [0.2, 0.25) is 0 Å². The number of halogens is 3. The predicted octanol–water partition coefficient (Wildman–Crippen LogP) is 3.70. The molecule has 164 valence electrons. The molecule has 0 atom stereocenters. The van der Waals surface area contributed by atoms with Gasteiger partial charge in [0.15, 0.2) is 0 Å². The van der Waals surface area contributed by atoms with E-state index in [1.165, 1.54) is 11.6 Å². The minimum Gasteiger partial charge on any atom is -0.341 e. The number of likely N-dealkylation sites (tertiary alicyclic amines) is 1. The minimum absolute atomic E-state index is 0.0193. The zero-order chi connectivity index (χ0) is 22.3. The van der Waals surface area contributed by atoms with Gasteiger partial charge in [-0.1, -0.05) is 19.1 Å². The number of fused-ring (bicyclic) bond motifs is 1. The smallest absolute Gasteiger partial charge is 0.341 e. The molecule has 3 heterocycles. The lowest BCUT2D eigenvalue weighted by atomic mass is 10.1. The number of alkyl halides is 3. The summed E-state index contributed by atoms with van der Waals surface area (Å²) in [5, 5.41) is 4.16. The molecule has 6 nitrogen and oxygen atoms in total. The average molecular weight is 432 g/mol. The highest BCUT2D eigenvalue weighted by Crippen LogP contribution is 2.36. The van der Waals surface area contributed by atoms with Crippen molar-refractivity contribution in [3.8, 4) is 5.69 Å². The van der Waals surface area contributed by atoms with Gasteiger partial charge in [-0.3, -0.25) is 14.2 Å². The van der Waals surface area contributed by atoms with E-state index in [2.05, 4.69) is 5.10 Å². The number of aromatic nitrogens is 3. The van der Waals surface area contributed by atoms with Crippen molar-refractivity contribution in [2.24, 2.45) is 0 Å². The topological polar surface area (TPSA) is 60.1 Å². The summed E-state index contributed by atoms with van der Waals surface area (Å²) in [4.78, 5) is 27.2. The van der Waals surface area contributed by atoms with Gasteiger partial charge in [0.2, 0.25) is 5.91 Å². The molecule has 31 heavy (non-hydrogen) atoms. The summed E-state index contributed by atoms with van der Waals surface area (Å²) in [5.41, 5.74) is -0.200. The summed E-state index contributed by atoms with van der Waals surface area (Å²) in [6, 6.07) is 7.80. The van der Waals surface area contributed by atoms with Crippen molar-refractivity contribution in [1.29, 1.82) is 0 Å². The van der Waals surface area contributed by atoms with Crippen LogP contribution in [0.3, 0.4) is 0 Å². The van der Waals surface area contributed by atoms with Crippen molar-refractivity contribution in [1.82, 2.24) is 19.2 Å². The molecular weight excluding hydrogens is 409 g/mol. The van der Waals surface area contributed by atoms with E-state index in [1.807, 2.05) is 19.1 Å². The third kappa shape index (κ3) is 3.84. The van der Waals surface area contributed by atoms with E-state index >= 15 is 0 Å². The molecule has 3 aromatic rings. The molecule has 1 fully saturated rings. The van der Waals surface area contributed by atoms with Crippen molar-refractivity contribution in [2.45, 2.75) is 45.8 Å². The second-order valence-corrected chi connectivity index (χ2v) is 7.78. The van der Waals surface area contributed by atoms with Crippen LogP contribution in [-0.4, -0.2) is 38.2 Å². The molecule has 1 aliphatic rings. The zero-order valence-electron chi connectivity index (χ0n) is 17.4. The fourth-order valence-electron chi connectivity index (χ4n) is 4.09. The first-order chi connectivity index (χ1) is 14.7. The molecule has 0 N–H and O–H groups in total. The van der Waals surface area contributed by atoms with Crippen molar-refractivity contribution in [3.05, 3.63) is 57.5 Å². The monoisotopic (exact) mass is 432 g/mol. The first-order valence-electron chi connectivity index (χ1n) is 10.3. The number of hydrogen-bond acceptors (Lipinski definition) is 3. The van der Waals surface area contributed by atoms with Crippen LogP contribution in [0.15, 0.2) is 35.1 Å². The molecule has 2 aromatic heterocycles. The number of carbonyl (C=O) groups is 1. The van der Waals surface area contributed by atoms with Crippen molar-refractivity contribution in [3.63, 3.8) is 0 Å². The predicted molar refractivity (Wildman–Crippen MR) is 110 cm³/mol. The molecule has 0 bridgehead atoms. The van der Waals surface area contributed by atoms with Crippen LogP contribution in [0.5, 0.6) is 0 Å². The van der Waals surface area contributed by atoms with E-state index in [-0.39, 0.29) is 29.2 Å². The maximum Gasteiger partial charge on any atom is 0.417 e. The number of nitrogens with zero attached hydrogens (tertiary/aromatic N) is 4. The zero-order valence-corrected chi connectivity index (χ0v) is 17.4. The van der Waals surface area contributed by atoms with E-state index < -0.39 is 17.3 Å². The molecule has 0 unspecified atom stereocenters. The summed E-state index contributed by atoms with van der Waals surface area (Å²) >= 11 is 0. The summed E-state index contributed by atoms with van der Waals surface area (Å²) < 4.78 is 43.7. The molecule has 0 radical (unpaired) electrons. The molecule has 0 saturated carbocycles. The van der Waals surface area contributed by atoms with E-state index in [4.69, 9.17) is 0 Å². The Labute approximate surface area is 176 Å². The first kappa shape index (κ1) is 21.1. The highest BCUT2D eigenvalue weighted by molar-refractivity contribution is 5.86. The Morgan fingerprint density at radius 1 is 1.13 bits per heavy atom. The fraction of sp³-hybridized carbons (Fsp3) is 0.409. The SMILES string of the molecule is CCc1ccc(-n2nc(C)c3c(C(F)(F)F)cc(=O)n(CC(=O)N4CCCC4)c32)cc1. The molecule has 9 heteroatoms. The van der Waals surface area contributed by atoms with Crippen molar-refractivity contribution < 1.29 is 18.0 Å². The molecular formula is C22H23F3N4O2. The van der Waals surface area contributed by atoms with E-state index in [0.29, 0.717) is 24.8 Å². The lowest BCUT2D eigenvalue weighted by molar-refractivity contribution is -0.136. The molecule has 0 spiro atoms. The first-order valence-corrected chi connectivity index (χ1v) is 10.3.